The van der Waals surface area contributed by atoms with Crippen molar-refractivity contribution in [3.8, 4) is 0 Å². The van der Waals surface area contributed by atoms with E-state index in [1.54, 1.807) is 7.11 Å². The Morgan fingerprint density at radius 3 is 2.53 bits per heavy atom. The molecule has 0 heterocycles. The molecule has 0 aliphatic carbocycles. The zero-order chi connectivity index (χ0) is 12.7. The van der Waals surface area contributed by atoms with Crippen LogP contribution in [0.3, 0.4) is 0 Å². The maximum absolute atomic E-state index is 6.13. The third kappa shape index (κ3) is 4.30. The van der Waals surface area contributed by atoms with E-state index in [4.69, 9.17) is 16.3 Å². The lowest BCUT2D eigenvalue weighted by Gasteiger charge is -2.33. The Morgan fingerprint density at radius 1 is 1.35 bits per heavy atom. The number of benzene rings is 1. The summed E-state index contributed by atoms with van der Waals surface area (Å²) < 4.78 is 5.09. The topological polar surface area (TPSA) is 21.3 Å². The number of halogens is 1. The van der Waals surface area contributed by atoms with Gasteiger partial charge in [0.2, 0.25) is 0 Å². The molecule has 0 saturated carbocycles. The summed E-state index contributed by atoms with van der Waals surface area (Å²) in [5, 5.41) is 3.58. The molecule has 0 aromatic heterocycles. The lowest BCUT2D eigenvalue weighted by Crippen LogP contribution is -2.46. The summed E-state index contributed by atoms with van der Waals surface area (Å²) in [6, 6.07) is 10.7. The number of ether oxygens (including phenoxy) is 1. The van der Waals surface area contributed by atoms with E-state index in [2.05, 4.69) is 31.3 Å². The van der Waals surface area contributed by atoms with Gasteiger partial charge in [0.1, 0.15) is 0 Å². The van der Waals surface area contributed by atoms with Crippen molar-refractivity contribution in [2.75, 3.05) is 19.6 Å². The van der Waals surface area contributed by atoms with Crippen LogP contribution in [0.2, 0.25) is 0 Å². The van der Waals surface area contributed by atoms with Crippen LogP contribution in [0.4, 0.5) is 0 Å². The summed E-state index contributed by atoms with van der Waals surface area (Å²) >= 11 is 6.13. The van der Waals surface area contributed by atoms with Gasteiger partial charge in [0.25, 0.3) is 0 Å². The maximum atomic E-state index is 6.13. The Morgan fingerprint density at radius 2 is 2.00 bits per heavy atom. The fraction of sp³-hybridized carbons (Fsp3) is 0.571. The van der Waals surface area contributed by atoms with Crippen molar-refractivity contribution in [1.82, 2.24) is 5.32 Å². The third-order valence-electron chi connectivity index (χ3n) is 3.00. The average molecular weight is 256 g/mol. The molecule has 0 bridgehead atoms. The molecule has 0 spiro atoms. The van der Waals surface area contributed by atoms with Gasteiger partial charge in [0.15, 0.2) is 0 Å². The Labute approximate surface area is 109 Å². The molecule has 96 valence electrons. The predicted octanol–water partition coefficient (Wildman–Crippen LogP) is 3.16. The van der Waals surface area contributed by atoms with Crippen molar-refractivity contribution in [3.05, 3.63) is 35.9 Å². The summed E-state index contributed by atoms with van der Waals surface area (Å²) in [7, 11) is 1.73. The average Bonchev–Trinajstić information content (AvgIpc) is 2.37. The quantitative estimate of drug-likeness (QED) is 0.756. The first-order chi connectivity index (χ1) is 8.12. The normalized spacial score (nSPS) is 16.5. The van der Waals surface area contributed by atoms with Gasteiger partial charge in [0.05, 0.1) is 5.54 Å². The van der Waals surface area contributed by atoms with Crippen LogP contribution in [0, 0.1) is 0 Å². The molecular weight excluding hydrogens is 234 g/mol. The zero-order valence-corrected chi connectivity index (χ0v) is 11.6. The third-order valence-corrected chi connectivity index (χ3v) is 3.53. The van der Waals surface area contributed by atoms with Crippen LogP contribution in [-0.2, 0) is 10.3 Å². The van der Waals surface area contributed by atoms with Crippen molar-refractivity contribution >= 4 is 11.6 Å². The highest BCUT2D eigenvalue weighted by molar-refractivity contribution is 6.18. The largest absolute Gasteiger partial charge is 0.385 e. The van der Waals surface area contributed by atoms with Gasteiger partial charge in [-0.05, 0) is 25.8 Å². The van der Waals surface area contributed by atoms with Gasteiger partial charge in [-0.25, -0.2) is 0 Å². The van der Waals surface area contributed by atoms with Crippen LogP contribution >= 0.6 is 11.6 Å². The number of hydrogen-bond acceptors (Lipinski definition) is 2. The minimum Gasteiger partial charge on any atom is -0.385 e. The first kappa shape index (κ1) is 14.5. The van der Waals surface area contributed by atoms with Crippen LogP contribution < -0.4 is 5.32 Å². The first-order valence-electron chi connectivity index (χ1n) is 6.00. The van der Waals surface area contributed by atoms with Crippen molar-refractivity contribution in [1.29, 1.82) is 0 Å². The molecule has 2 atom stereocenters. The van der Waals surface area contributed by atoms with Crippen molar-refractivity contribution in [2.24, 2.45) is 0 Å². The molecule has 1 rings (SSSR count). The Bertz CT molecular complexity index is 317. The summed E-state index contributed by atoms with van der Waals surface area (Å²) in [6.07, 6.45) is 0.982. The highest BCUT2D eigenvalue weighted by Crippen LogP contribution is 2.23. The molecule has 1 aromatic carbocycles. The standard InChI is InChI=1S/C14H22ClNO/c1-12(9-10-17-3)16-14(2,11-15)13-7-5-4-6-8-13/h4-8,12,16H,9-11H2,1-3H3. The fourth-order valence-corrected chi connectivity index (χ4v) is 2.15. The second kappa shape index (κ2) is 7.00. The van der Waals surface area contributed by atoms with E-state index in [9.17, 15) is 0 Å². The SMILES string of the molecule is COCCC(C)NC(C)(CCl)c1ccccc1. The van der Waals surface area contributed by atoms with Crippen molar-refractivity contribution in [3.63, 3.8) is 0 Å². The number of methoxy groups -OCH3 is 1. The molecule has 3 heteroatoms. The second-order valence-electron chi connectivity index (χ2n) is 4.66. The van der Waals surface area contributed by atoms with Crippen LogP contribution in [0.15, 0.2) is 30.3 Å². The smallest absolute Gasteiger partial charge is 0.0545 e. The lowest BCUT2D eigenvalue weighted by atomic mass is 9.93. The summed E-state index contributed by atoms with van der Waals surface area (Å²) in [5.41, 5.74) is 1.04. The van der Waals surface area contributed by atoms with E-state index < -0.39 is 0 Å². The number of alkyl halides is 1. The van der Waals surface area contributed by atoms with Gasteiger partial charge in [-0.2, -0.15) is 0 Å². The zero-order valence-electron chi connectivity index (χ0n) is 10.9. The Hall–Kier alpha value is -0.570. The van der Waals surface area contributed by atoms with Crippen LogP contribution in [0.1, 0.15) is 25.8 Å². The number of rotatable bonds is 7. The lowest BCUT2D eigenvalue weighted by molar-refractivity contribution is 0.178. The van der Waals surface area contributed by atoms with Gasteiger partial charge in [0, 0.05) is 25.6 Å². The van der Waals surface area contributed by atoms with E-state index in [0.29, 0.717) is 11.9 Å². The highest BCUT2D eigenvalue weighted by Gasteiger charge is 2.26. The van der Waals surface area contributed by atoms with E-state index >= 15 is 0 Å². The molecule has 17 heavy (non-hydrogen) atoms. The minimum absolute atomic E-state index is 0.185. The van der Waals surface area contributed by atoms with Gasteiger partial charge in [-0.3, -0.25) is 0 Å². The summed E-state index contributed by atoms with van der Waals surface area (Å²) in [4.78, 5) is 0. The molecule has 0 radical (unpaired) electrons. The molecule has 2 unspecified atom stereocenters. The Balaban J connectivity index is 2.69. The van der Waals surface area contributed by atoms with E-state index in [-0.39, 0.29) is 5.54 Å². The van der Waals surface area contributed by atoms with E-state index in [0.717, 1.165) is 13.0 Å². The van der Waals surface area contributed by atoms with Gasteiger partial charge in [-0.1, -0.05) is 30.3 Å². The maximum Gasteiger partial charge on any atom is 0.0545 e. The van der Waals surface area contributed by atoms with Gasteiger partial charge < -0.3 is 10.1 Å². The van der Waals surface area contributed by atoms with Crippen LogP contribution in [0.25, 0.3) is 0 Å². The van der Waals surface area contributed by atoms with Gasteiger partial charge >= 0.3 is 0 Å². The summed E-state index contributed by atoms with van der Waals surface area (Å²) in [5.74, 6) is 0.550. The van der Waals surface area contributed by atoms with Crippen LogP contribution in [0.5, 0.6) is 0 Å². The molecule has 0 aliphatic heterocycles. The van der Waals surface area contributed by atoms with E-state index in [1.807, 2.05) is 18.2 Å². The molecule has 0 amide bonds. The van der Waals surface area contributed by atoms with Crippen molar-refractivity contribution in [2.45, 2.75) is 31.8 Å². The molecule has 0 saturated heterocycles. The van der Waals surface area contributed by atoms with Crippen molar-refractivity contribution < 1.29 is 4.74 Å². The molecule has 0 fully saturated rings. The molecule has 1 aromatic rings. The Kier molecular flexibility index (Phi) is 5.96. The fourth-order valence-electron chi connectivity index (χ4n) is 1.92. The highest BCUT2D eigenvalue weighted by atomic mass is 35.5. The molecule has 2 nitrogen and oxygen atoms in total. The number of hydrogen-bond donors (Lipinski definition) is 1. The van der Waals surface area contributed by atoms with E-state index in [1.165, 1.54) is 5.56 Å². The predicted molar refractivity (Wildman–Crippen MR) is 73.6 cm³/mol. The minimum atomic E-state index is -0.185. The summed E-state index contributed by atoms with van der Waals surface area (Å²) in [6.45, 7) is 5.06. The molecule has 1 N–H and O–H groups in total. The molecular formula is C14H22ClNO. The van der Waals surface area contributed by atoms with Gasteiger partial charge in [-0.15, -0.1) is 11.6 Å². The number of nitrogens with one attached hydrogen (secondary N) is 1. The first-order valence-corrected chi connectivity index (χ1v) is 6.54. The second-order valence-corrected chi connectivity index (χ2v) is 4.93. The molecule has 0 aliphatic rings. The monoisotopic (exact) mass is 255 g/mol. The van der Waals surface area contributed by atoms with Crippen LogP contribution in [-0.4, -0.2) is 25.6 Å².